The maximum atomic E-state index is 11.8. The second-order valence-electron chi connectivity index (χ2n) is 3.52. The number of hydrogen-bond acceptors (Lipinski definition) is 1. The lowest BCUT2D eigenvalue weighted by atomic mass is 10.2. The van der Waals surface area contributed by atoms with E-state index in [4.69, 9.17) is 0 Å². The number of rotatable bonds is 5. The molecule has 1 N–H and O–H groups in total. The maximum absolute atomic E-state index is 11.8. The molecule has 0 atom stereocenters. The van der Waals surface area contributed by atoms with E-state index in [-0.39, 0.29) is 6.42 Å². The molecule has 1 aromatic carbocycles. The van der Waals surface area contributed by atoms with Crippen LogP contribution in [-0.2, 0) is 6.54 Å². The fourth-order valence-electron chi connectivity index (χ4n) is 1.25. The Hall–Kier alpha value is -0.550. The Morgan fingerprint density at radius 2 is 1.75 bits per heavy atom. The van der Waals surface area contributed by atoms with Crippen LogP contribution in [0.25, 0.3) is 0 Å². The molecule has 0 radical (unpaired) electrons. The van der Waals surface area contributed by atoms with E-state index in [0.29, 0.717) is 13.1 Å². The summed E-state index contributed by atoms with van der Waals surface area (Å²) >= 11 is 3.31. The van der Waals surface area contributed by atoms with Crippen LogP contribution in [0.3, 0.4) is 0 Å². The zero-order chi connectivity index (χ0) is 12.0. The van der Waals surface area contributed by atoms with Crippen LogP contribution in [0.2, 0.25) is 0 Å². The molecule has 0 unspecified atom stereocenters. The van der Waals surface area contributed by atoms with Crippen LogP contribution in [0.1, 0.15) is 18.4 Å². The van der Waals surface area contributed by atoms with E-state index in [1.54, 1.807) is 0 Å². The van der Waals surface area contributed by atoms with Gasteiger partial charge in [0, 0.05) is 17.4 Å². The molecule has 0 saturated heterocycles. The van der Waals surface area contributed by atoms with E-state index < -0.39 is 12.6 Å². The van der Waals surface area contributed by atoms with Crippen LogP contribution in [-0.4, -0.2) is 12.7 Å². The SMILES string of the molecule is FC(F)(F)CCCNCc1ccc(Br)cc1. The molecule has 90 valence electrons. The summed E-state index contributed by atoms with van der Waals surface area (Å²) in [6, 6.07) is 7.68. The smallest absolute Gasteiger partial charge is 0.313 e. The monoisotopic (exact) mass is 295 g/mol. The van der Waals surface area contributed by atoms with Crippen LogP contribution in [0.5, 0.6) is 0 Å². The van der Waals surface area contributed by atoms with Crippen molar-refractivity contribution in [3.05, 3.63) is 34.3 Å². The summed E-state index contributed by atoms with van der Waals surface area (Å²) in [6.07, 6.45) is -4.64. The molecule has 0 aliphatic rings. The first-order valence-electron chi connectivity index (χ1n) is 4.99. The molecule has 0 amide bonds. The van der Waals surface area contributed by atoms with Gasteiger partial charge in [0.25, 0.3) is 0 Å². The number of alkyl halides is 3. The van der Waals surface area contributed by atoms with Crippen LogP contribution >= 0.6 is 15.9 Å². The van der Waals surface area contributed by atoms with Crippen molar-refractivity contribution in [2.75, 3.05) is 6.54 Å². The predicted molar refractivity (Wildman–Crippen MR) is 61.1 cm³/mol. The van der Waals surface area contributed by atoms with Crippen molar-refractivity contribution >= 4 is 15.9 Å². The number of halogens is 4. The molecule has 0 bridgehead atoms. The van der Waals surface area contributed by atoms with Gasteiger partial charge >= 0.3 is 6.18 Å². The van der Waals surface area contributed by atoms with Gasteiger partial charge in [-0.3, -0.25) is 0 Å². The van der Waals surface area contributed by atoms with E-state index >= 15 is 0 Å². The molecule has 0 saturated carbocycles. The highest BCUT2D eigenvalue weighted by molar-refractivity contribution is 9.10. The molecular formula is C11H13BrF3N. The lowest BCUT2D eigenvalue weighted by molar-refractivity contribution is -0.135. The number of benzene rings is 1. The fourth-order valence-corrected chi connectivity index (χ4v) is 1.51. The first-order valence-corrected chi connectivity index (χ1v) is 5.78. The van der Waals surface area contributed by atoms with Gasteiger partial charge in [-0.2, -0.15) is 13.2 Å². The highest BCUT2D eigenvalue weighted by Crippen LogP contribution is 2.20. The minimum atomic E-state index is -4.04. The Morgan fingerprint density at radius 1 is 1.12 bits per heavy atom. The van der Waals surface area contributed by atoms with Crippen LogP contribution in [0.15, 0.2) is 28.7 Å². The molecule has 0 aromatic heterocycles. The van der Waals surface area contributed by atoms with Crippen molar-refractivity contribution in [3.63, 3.8) is 0 Å². The van der Waals surface area contributed by atoms with Crippen molar-refractivity contribution in [2.24, 2.45) is 0 Å². The zero-order valence-electron chi connectivity index (χ0n) is 8.65. The summed E-state index contributed by atoms with van der Waals surface area (Å²) in [4.78, 5) is 0. The molecule has 0 fully saturated rings. The van der Waals surface area contributed by atoms with Crippen molar-refractivity contribution in [1.82, 2.24) is 5.32 Å². The first kappa shape index (κ1) is 13.5. The molecular weight excluding hydrogens is 283 g/mol. The fraction of sp³-hybridized carbons (Fsp3) is 0.455. The molecule has 0 spiro atoms. The average Bonchev–Trinajstić information content (AvgIpc) is 2.19. The molecule has 0 heterocycles. The first-order chi connectivity index (χ1) is 7.47. The van der Waals surface area contributed by atoms with Crippen molar-refractivity contribution in [2.45, 2.75) is 25.6 Å². The molecule has 5 heteroatoms. The standard InChI is InChI=1S/C11H13BrF3N/c12-10-4-2-9(3-5-10)8-16-7-1-6-11(13,14)15/h2-5,16H,1,6-8H2. The zero-order valence-corrected chi connectivity index (χ0v) is 10.2. The van der Waals surface area contributed by atoms with Gasteiger partial charge in [-0.1, -0.05) is 28.1 Å². The van der Waals surface area contributed by atoms with Gasteiger partial charge in [0.05, 0.1) is 0 Å². The molecule has 16 heavy (non-hydrogen) atoms. The van der Waals surface area contributed by atoms with E-state index in [1.165, 1.54) is 0 Å². The van der Waals surface area contributed by atoms with Gasteiger partial charge in [-0.25, -0.2) is 0 Å². The van der Waals surface area contributed by atoms with Crippen molar-refractivity contribution in [1.29, 1.82) is 0 Å². The molecule has 0 aliphatic carbocycles. The molecule has 0 aliphatic heterocycles. The van der Waals surface area contributed by atoms with Crippen molar-refractivity contribution < 1.29 is 13.2 Å². The quantitative estimate of drug-likeness (QED) is 0.813. The molecule has 1 rings (SSSR count). The second-order valence-corrected chi connectivity index (χ2v) is 4.44. The highest BCUT2D eigenvalue weighted by atomic mass is 79.9. The Morgan fingerprint density at radius 3 is 2.31 bits per heavy atom. The van der Waals surface area contributed by atoms with E-state index in [0.717, 1.165) is 10.0 Å². The molecule has 1 aromatic rings. The van der Waals surface area contributed by atoms with Gasteiger partial charge in [0.1, 0.15) is 0 Å². The van der Waals surface area contributed by atoms with Gasteiger partial charge in [0.2, 0.25) is 0 Å². The summed E-state index contributed by atoms with van der Waals surface area (Å²) in [6.45, 7) is 0.987. The summed E-state index contributed by atoms with van der Waals surface area (Å²) in [5.41, 5.74) is 1.07. The third kappa shape index (κ3) is 6.12. The Bertz CT molecular complexity index is 308. The Balaban J connectivity index is 2.14. The number of hydrogen-bond donors (Lipinski definition) is 1. The number of nitrogens with one attached hydrogen (secondary N) is 1. The van der Waals surface area contributed by atoms with Crippen LogP contribution < -0.4 is 5.32 Å². The Kier molecular flexibility index (Phi) is 5.28. The summed E-state index contributed by atoms with van der Waals surface area (Å²) in [7, 11) is 0. The predicted octanol–water partition coefficient (Wildman–Crippen LogP) is 3.88. The third-order valence-electron chi connectivity index (χ3n) is 2.06. The summed E-state index contributed by atoms with van der Waals surface area (Å²) in [5.74, 6) is 0. The van der Waals surface area contributed by atoms with Gasteiger partial charge in [-0.15, -0.1) is 0 Å². The van der Waals surface area contributed by atoms with Gasteiger partial charge < -0.3 is 5.32 Å². The van der Waals surface area contributed by atoms with Crippen LogP contribution in [0, 0.1) is 0 Å². The average molecular weight is 296 g/mol. The lowest BCUT2D eigenvalue weighted by Gasteiger charge is -2.07. The Labute approximate surface area is 101 Å². The normalized spacial score (nSPS) is 11.8. The minimum absolute atomic E-state index is 0.125. The summed E-state index contributed by atoms with van der Waals surface area (Å²) < 4.78 is 36.4. The van der Waals surface area contributed by atoms with Crippen molar-refractivity contribution in [3.8, 4) is 0 Å². The maximum Gasteiger partial charge on any atom is 0.389 e. The van der Waals surface area contributed by atoms with Gasteiger partial charge in [-0.05, 0) is 30.7 Å². The van der Waals surface area contributed by atoms with E-state index in [1.807, 2.05) is 24.3 Å². The van der Waals surface area contributed by atoms with Gasteiger partial charge in [0.15, 0.2) is 0 Å². The van der Waals surface area contributed by atoms with E-state index in [9.17, 15) is 13.2 Å². The minimum Gasteiger partial charge on any atom is -0.313 e. The van der Waals surface area contributed by atoms with Crippen LogP contribution in [0.4, 0.5) is 13.2 Å². The largest absolute Gasteiger partial charge is 0.389 e. The second kappa shape index (κ2) is 6.25. The third-order valence-corrected chi connectivity index (χ3v) is 2.58. The topological polar surface area (TPSA) is 12.0 Å². The lowest BCUT2D eigenvalue weighted by Crippen LogP contribution is -2.17. The highest BCUT2D eigenvalue weighted by Gasteiger charge is 2.25. The van der Waals surface area contributed by atoms with E-state index in [2.05, 4.69) is 21.2 Å². The summed E-state index contributed by atoms with van der Waals surface area (Å²) in [5, 5.41) is 2.98. The molecule has 1 nitrogen and oxygen atoms in total.